The van der Waals surface area contributed by atoms with Crippen LogP contribution >= 0.6 is 0 Å². The SMILES string of the molecule is CC(=O)c1ccc(Oc2ccc(CC(=O)c3ccc(C(=O)N4CCCC(C(=O)c5ccc(C)cc5)C4)nc3)cn2)cc1. The van der Waals surface area contributed by atoms with Gasteiger partial charge in [-0.25, -0.2) is 4.98 Å². The lowest BCUT2D eigenvalue weighted by atomic mass is 9.89. The summed E-state index contributed by atoms with van der Waals surface area (Å²) in [5.41, 5.74) is 3.70. The highest BCUT2D eigenvalue weighted by atomic mass is 16.5. The summed E-state index contributed by atoms with van der Waals surface area (Å²) >= 11 is 0. The summed E-state index contributed by atoms with van der Waals surface area (Å²) < 4.78 is 5.72. The molecule has 1 saturated heterocycles. The van der Waals surface area contributed by atoms with Crippen molar-refractivity contribution in [2.24, 2.45) is 5.92 Å². The van der Waals surface area contributed by atoms with Gasteiger partial charge >= 0.3 is 0 Å². The number of hydrogen-bond donors (Lipinski definition) is 0. The van der Waals surface area contributed by atoms with Gasteiger partial charge in [0.2, 0.25) is 5.88 Å². The van der Waals surface area contributed by atoms with Crippen LogP contribution in [0.1, 0.15) is 72.5 Å². The molecule has 1 unspecified atom stereocenters. The summed E-state index contributed by atoms with van der Waals surface area (Å²) in [4.78, 5) is 60.7. The number of likely N-dealkylation sites (tertiary alicyclic amines) is 1. The van der Waals surface area contributed by atoms with Gasteiger partial charge in [0.1, 0.15) is 11.4 Å². The van der Waals surface area contributed by atoms with Gasteiger partial charge in [-0.2, -0.15) is 0 Å². The first-order valence-electron chi connectivity index (χ1n) is 13.9. The molecule has 2 aromatic carbocycles. The van der Waals surface area contributed by atoms with Gasteiger partial charge in [-0.1, -0.05) is 35.9 Å². The molecule has 8 heteroatoms. The Morgan fingerprint density at radius 2 is 1.55 bits per heavy atom. The highest BCUT2D eigenvalue weighted by Gasteiger charge is 2.30. The number of aryl methyl sites for hydroxylation is 1. The van der Waals surface area contributed by atoms with E-state index in [1.807, 2.05) is 31.2 Å². The number of amides is 1. The number of carbonyl (C=O) groups excluding carboxylic acids is 4. The Labute approximate surface area is 244 Å². The van der Waals surface area contributed by atoms with Crippen LogP contribution in [0.5, 0.6) is 11.6 Å². The van der Waals surface area contributed by atoms with Crippen LogP contribution in [0.4, 0.5) is 0 Å². The fourth-order valence-electron chi connectivity index (χ4n) is 4.92. The molecule has 1 aliphatic heterocycles. The number of benzene rings is 2. The Hall–Kier alpha value is -4.98. The largest absolute Gasteiger partial charge is 0.439 e. The van der Waals surface area contributed by atoms with Crippen molar-refractivity contribution in [2.75, 3.05) is 13.1 Å². The van der Waals surface area contributed by atoms with E-state index in [0.717, 1.165) is 18.4 Å². The first-order chi connectivity index (χ1) is 20.3. The van der Waals surface area contributed by atoms with E-state index < -0.39 is 0 Å². The van der Waals surface area contributed by atoms with Gasteiger partial charge in [-0.15, -0.1) is 0 Å². The Balaban J connectivity index is 1.16. The Kier molecular flexibility index (Phi) is 8.62. The van der Waals surface area contributed by atoms with Crippen molar-refractivity contribution in [3.05, 3.63) is 119 Å². The second-order valence-corrected chi connectivity index (χ2v) is 10.5. The van der Waals surface area contributed by atoms with Crippen LogP contribution in [-0.4, -0.2) is 51.2 Å². The van der Waals surface area contributed by atoms with Gasteiger partial charge in [-0.05, 0) is 68.7 Å². The Bertz CT molecular complexity index is 1600. The number of piperidine rings is 1. The van der Waals surface area contributed by atoms with Crippen molar-refractivity contribution in [2.45, 2.75) is 33.1 Å². The summed E-state index contributed by atoms with van der Waals surface area (Å²) in [5, 5.41) is 0. The molecule has 5 rings (SSSR count). The lowest BCUT2D eigenvalue weighted by Gasteiger charge is -2.32. The second-order valence-electron chi connectivity index (χ2n) is 10.5. The lowest BCUT2D eigenvalue weighted by Crippen LogP contribution is -2.42. The number of carbonyl (C=O) groups is 4. The zero-order valence-electron chi connectivity index (χ0n) is 23.6. The minimum absolute atomic E-state index is 0.0208. The summed E-state index contributed by atoms with van der Waals surface area (Å²) in [6, 6.07) is 20.9. The molecule has 0 bridgehead atoms. The van der Waals surface area contributed by atoms with Crippen molar-refractivity contribution in [1.29, 1.82) is 0 Å². The fraction of sp³-hybridized carbons (Fsp3) is 0.235. The number of ketones is 3. The molecule has 0 N–H and O–H groups in total. The summed E-state index contributed by atoms with van der Waals surface area (Å²) in [6.07, 6.45) is 4.60. The predicted molar refractivity (Wildman–Crippen MR) is 157 cm³/mol. The van der Waals surface area contributed by atoms with Gasteiger partial charge in [0, 0.05) is 60.6 Å². The molecule has 8 nitrogen and oxygen atoms in total. The van der Waals surface area contributed by atoms with Crippen molar-refractivity contribution in [3.8, 4) is 11.6 Å². The maximum absolute atomic E-state index is 13.2. The third kappa shape index (κ3) is 6.83. The number of aromatic nitrogens is 2. The highest BCUT2D eigenvalue weighted by molar-refractivity contribution is 6.00. The predicted octanol–water partition coefficient (Wildman–Crippen LogP) is 5.94. The molecular formula is C34H31N3O5. The zero-order chi connectivity index (χ0) is 29.6. The van der Waals surface area contributed by atoms with Crippen LogP contribution in [0.3, 0.4) is 0 Å². The fourth-order valence-corrected chi connectivity index (χ4v) is 4.92. The number of hydrogen-bond acceptors (Lipinski definition) is 7. The van der Waals surface area contributed by atoms with Gasteiger partial charge in [-0.3, -0.25) is 24.2 Å². The van der Waals surface area contributed by atoms with Gasteiger partial charge in [0.05, 0.1) is 0 Å². The molecule has 42 heavy (non-hydrogen) atoms. The molecular weight excluding hydrogens is 530 g/mol. The third-order valence-electron chi connectivity index (χ3n) is 7.37. The average Bonchev–Trinajstić information content (AvgIpc) is 3.02. The molecule has 0 radical (unpaired) electrons. The Morgan fingerprint density at radius 3 is 2.19 bits per heavy atom. The smallest absolute Gasteiger partial charge is 0.272 e. The summed E-state index contributed by atoms with van der Waals surface area (Å²) in [7, 11) is 0. The van der Waals surface area contributed by atoms with E-state index >= 15 is 0 Å². The van der Waals surface area contributed by atoms with Gasteiger partial charge in [0.15, 0.2) is 17.3 Å². The van der Waals surface area contributed by atoms with E-state index in [9.17, 15) is 19.2 Å². The van der Waals surface area contributed by atoms with E-state index in [2.05, 4.69) is 9.97 Å². The van der Waals surface area contributed by atoms with E-state index in [1.54, 1.807) is 59.6 Å². The number of ether oxygens (including phenoxy) is 1. The quantitative estimate of drug-likeness (QED) is 0.233. The van der Waals surface area contributed by atoms with Gasteiger partial charge < -0.3 is 9.64 Å². The molecule has 1 atom stereocenters. The normalized spacial score (nSPS) is 14.7. The summed E-state index contributed by atoms with van der Waals surface area (Å²) in [5.74, 6) is 0.307. The molecule has 1 fully saturated rings. The lowest BCUT2D eigenvalue weighted by molar-refractivity contribution is 0.0631. The first-order valence-corrected chi connectivity index (χ1v) is 13.9. The maximum Gasteiger partial charge on any atom is 0.272 e. The average molecular weight is 562 g/mol. The molecule has 2 aromatic heterocycles. The molecule has 4 aromatic rings. The molecule has 1 amide bonds. The second kappa shape index (κ2) is 12.7. The van der Waals surface area contributed by atoms with Crippen molar-refractivity contribution >= 4 is 23.3 Å². The maximum atomic E-state index is 13.2. The zero-order valence-corrected chi connectivity index (χ0v) is 23.6. The molecule has 212 valence electrons. The van der Waals surface area contributed by atoms with Crippen LogP contribution in [0.25, 0.3) is 0 Å². The number of Topliss-reactive ketones (excluding diaryl/α,β-unsaturated/α-hetero) is 3. The van der Waals surface area contributed by atoms with Crippen LogP contribution < -0.4 is 4.74 Å². The standard InChI is InChI=1S/C34H31N3O5/c1-22-5-8-26(9-6-22)33(40)28-4-3-17-37(21-28)34(41)30-15-12-27(20-35-30)31(39)18-24-7-16-32(36-19-24)42-29-13-10-25(11-14-29)23(2)38/h5-16,19-20,28H,3-4,17-18,21H2,1-2H3. The molecule has 1 aliphatic rings. The summed E-state index contributed by atoms with van der Waals surface area (Å²) in [6.45, 7) is 4.40. The van der Waals surface area contributed by atoms with Crippen LogP contribution in [0, 0.1) is 12.8 Å². The minimum Gasteiger partial charge on any atom is -0.439 e. The Morgan fingerprint density at radius 1 is 0.833 bits per heavy atom. The first kappa shape index (κ1) is 28.5. The minimum atomic E-state index is -0.246. The molecule has 3 heterocycles. The topological polar surface area (TPSA) is 107 Å². The van der Waals surface area contributed by atoms with Crippen molar-refractivity contribution in [3.63, 3.8) is 0 Å². The van der Waals surface area contributed by atoms with Crippen LogP contribution in [0.15, 0.2) is 85.2 Å². The molecule has 0 aliphatic carbocycles. The number of pyridine rings is 2. The van der Waals surface area contributed by atoms with Crippen LogP contribution in [-0.2, 0) is 6.42 Å². The highest BCUT2D eigenvalue weighted by Crippen LogP contribution is 2.23. The van der Waals surface area contributed by atoms with Gasteiger partial charge in [0.25, 0.3) is 5.91 Å². The van der Waals surface area contributed by atoms with E-state index in [1.165, 1.54) is 13.1 Å². The number of rotatable bonds is 9. The van der Waals surface area contributed by atoms with Crippen molar-refractivity contribution < 1.29 is 23.9 Å². The van der Waals surface area contributed by atoms with Crippen LogP contribution in [0.2, 0.25) is 0 Å². The number of nitrogens with zero attached hydrogens (tertiary/aromatic N) is 3. The van der Waals surface area contributed by atoms with E-state index in [0.29, 0.717) is 47.0 Å². The third-order valence-corrected chi connectivity index (χ3v) is 7.37. The monoisotopic (exact) mass is 561 g/mol. The van der Waals surface area contributed by atoms with Crippen molar-refractivity contribution in [1.82, 2.24) is 14.9 Å². The molecule has 0 spiro atoms. The van der Waals surface area contributed by atoms with E-state index in [4.69, 9.17) is 4.74 Å². The van der Waals surface area contributed by atoms with E-state index in [-0.39, 0.29) is 41.3 Å². The molecule has 0 saturated carbocycles.